The van der Waals surface area contributed by atoms with E-state index in [1.165, 1.54) is 0 Å². The number of sulfone groups is 1. The maximum absolute atomic E-state index is 11.9. The van der Waals surface area contributed by atoms with Crippen LogP contribution in [0.4, 0.5) is 5.82 Å². The average Bonchev–Trinajstić information content (AvgIpc) is 2.68. The molecule has 0 saturated heterocycles. The Morgan fingerprint density at radius 3 is 2.79 bits per heavy atom. The van der Waals surface area contributed by atoms with Gasteiger partial charge < -0.3 is 15.6 Å². The van der Waals surface area contributed by atoms with Crippen molar-refractivity contribution in [3.8, 4) is 0 Å². The number of carbonyl (C=O) groups is 1. The summed E-state index contributed by atoms with van der Waals surface area (Å²) in [5, 5.41) is 15.3. The van der Waals surface area contributed by atoms with Crippen molar-refractivity contribution < 1.29 is 23.1 Å². The van der Waals surface area contributed by atoms with Crippen molar-refractivity contribution in [2.75, 3.05) is 24.7 Å². The molecule has 0 aromatic carbocycles. The highest BCUT2D eigenvalue weighted by molar-refractivity contribution is 7.92. The van der Waals surface area contributed by atoms with Crippen LogP contribution in [0.5, 0.6) is 0 Å². The second-order valence-corrected chi connectivity index (χ2v) is 5.55. The summed E-state index contributed by atoms with van der Waals surface area (Å²) in [7, 11) is -3.97. The molecule has 0 aliphatic rings. The molecule has 1 rings (SSSR count). The highest BCUT2D eigenvalue weighted by atomic mass is 32.2. The van der Waals surface area contributed by atoms with Crippen molar-refractivity contribution in [3.05, 3.63) is 0 Å². The highest BCUT2D eigenvalue weighted by Crippen LogP contribution is 2.16. The third kappa shape index (κ3) is 3.89. The molecule has 0 radical (unpaired) electrons. The molecular formula is C9H16N4O5S. The van der Waals surface area contributed by atoms with E-state index < -0.39 is 26.6 Å². The van der Waals surface area contributed by atoms with Gasteiger partial charge in [-0.3, -0.25) is 4.79 Å². The smallest absolute Gasteiger partial charge is 0.321 e. The number of aromatic nitrogens is 3. The maximum atomic E-state index is 11.9. The van der Waals surface area contributed by atoms with Gasteiger partial charge in [-0.05, 0) is 13.3 Å². The first-order chi connectivity index (χ1) is 8.92. The average molecular weight is 292 g/mol. The number of rotatable bonds is 7. The Bertz CT molecular complexity index is 539. The molecule has 0 aliphatic carbocycles. The largest absolute Gasteiger partial charge is 0.465 e. The molecule has 3 N–H and O–H groups in total. The number of aryl methyl sites for hydroxylation is 1. The molecule has 1 aromatic rings. The third-order valence-corrected chi connectivity index (χ3v) is 3.67. The highest BCUT2D eigenvalue weighted by Gasteiger charge is 2.27. The van der Waals surface area contributed by atoms with Crippen LogP contribution in [0.3, 0.4) is 0 Å². The molecule has 0 aliphatic heterocycles. The van der Waals surface area contributed by atoms with Crippen LogP contribution in [0.1, 0.15) is 13.3 Å². The van der Waals surface area contributed by atoms with E-state index in [0.29, 0.717) is 6.42 Å². The Morgan fingerprint density at radius 2 is 2.21 bits per heavy atom. The molecule has 1 heterocycles. The van der Waals surface area contributed by atoms with Gasteiger partial charge in [-0.15, -0.1) is 5.10 Å². The van der Waals surface area contributed by atoms with Crippen molar-refractivity contribution >= 4 is 21.6 Å². The minimum Gasteiger partial charge on any atom is -0.465 e. The van der Waals surface area contributed by atoms with E-state index >= 15 is 0 Å². The van der Waals surface area contributed by atoms with Gasteiger partial charge in [0.15, 0.2) is 11.6 Å². The summed E-state index contributed by atoms with van der Waals surface area (Å²) < 4.78 is 29.5. The standard InChI is InChI=1S/C9H16N4O5S/c1-2-18-7(15)6-19(16,17)9-8(10)13(12-11-9)4-3-5-14/h14H,2-6,10H2,1H3. The van der Waals surface area contributed by atoms with E-state index in [4.69, 9.17) is 10.8 Å². The summed E-state index contributed by atoms with van der Waals surface area (Å²) in [4.78, 5) is 11.2. The van der Waals surface area contributed by atoms with Gasteiger partial charge in [0, 0.05) is 13.2 Å². The first-order valence-corrected chi connectivity index (χ1v) is 7.25. The Balaban J connectivity index is 2.90. The van der Waals surface area contributed by atoms with Gasteiger partial charge >= 0.3 is 5.97 Å². The SMILES string of the molecule is CCOC(=O)CS(=O)(=O)c1nnn(CCCO)c1N. The van der Waals surface area contributed by atoms with Gasteiger partial charge in [0.25, 0.3) is 0 Å². The van der Waals surface area contributed by atoms with Crippen molar-refractivity contribution in [1.29, 1.82) is 0 Å². The predicted octanol–water partition coefficient (Wildman–Crippen LogP) is -1.42. The molecule has 0 unspecified atom stereocenters. The minimum absolute atomic E-state index is 0.0792. The van der Waals surface area contributed by atoms with Crippen molar-refractivity contribution in [2.24, 2.45) is 0 Å². The van der Waals surface area contributed by atoms with Crippen LogP contribution >= 0.6 is 0 Å². The second kappa shape index (κ2) is 6.48. The monoisotopic (exact) mass is 292 g/mol. The number of hydrogen-bond donors (Lipinski definition) is 2. The minimum atomic E-state index is -3.97. The number of esters is 1. The number of nitrogens with two attached hydrogens (primary N) is 1. The molecule has 0 atom stereocenters. The third-order valence-electron chi connectivity index (χ3n) is 2.18. The van der Waals surface area contributed by atoms with Gasteiger partial charge in [0.1, 0.15) is 0 Å². The predicted molar refractivity (Wildman–Crippen MR) is 64.8 cm³/mol. The maximum Gasteiger partial charge on any atom is 0.321 e. The molecule has 1 aromatic heterocycles. The van der Waals surface area contributed by atoms with Gasteiger partial charge in [0.05, 0.1) is 6.61 Å². The Morgan fingerprint density at radius 1 is 1.53 bits per heavy atom. The zero-order chi connectivity index (χ0) is 14.5. The number of hydrogen-bond acceptors (Lipinski definition) is 8. The van der Waals surface area contributed by atoms with E-state index in [2.05, 4.69) is 15.0 Å². The molecule has 0 fully saturated rings. The fourth-order valence-electron chi connectivity index (χ4n) is 1.34. The molecule has 9 nitrogen and oxygen atoms in total. The van der Waals surface area contributed by atoms with E-state index in [1.54, 1.807) is 6.92 Å². The Kier molecular flexibility index (Phi) is 5.24. The molecular weight excluding hydrogens is 276 g/mol. The summed E-state index contributed by atoms with van der Waals surface area (Å²) in [6, 6.07) is 0. The number of aliphatic hydroxyl groups is 1. The summed E-state index contributed by atoms with van der Waals surface area (Å²) in [5.74, 6) is -1.85. The first kappa shape index (κ1) is 15.4. The number of carbonyl (C=O) groups excluding carboxylic acids is 1. The quantitative estimate of drug-likeness (QED) is 0.584. The van der Waals surface area contributed by atoms with Crippen LogP contribution in [-0.2, 0) is 25.9 Å². The van der Waals surface area contributed by atoms with Crippen LogP contribution in [0.15, 0.2) is 5.03 Å². The lowest BCUT2D eigenvalue weighted by Gasteiger charge is -2.03. The van der Waals surface area contributed by atoms with E-state index in [0.717, 1.165) is 4.68 Å². The molecule has 0 spiro atoms. The van der Waals surface area contributed by atoms with Gasteiger partial charge in [0.2, 0.25) is 14.9 Å². The number of aliphatic hydroxyl groups excluding tert-OH is 1. The second-order valence-electron chi connectivity index (χ2n) is 3.64. The lowest BCUT2D eigenvalue weighted by Crippen LogP contribution is -2.20. The van der Waals surface area contributed by atoms with Crippen molar-refractivity contribution in [1.82, 2.24) is 15.0 Å². The van der Waals surface area contributed by atoms with Crippen LogP contribution in [0, 0.1) is 0 Å². The zero-order valence-corrected chi connectivity index (χ0v) is 11.3. The summed E-state index contributed by atoms with van der Waals surface area (Å²) >= 11 is 0. The van der Waals surface area contributed by atoms with Crippen LogP contribution < -0.4 is 5.73 Å². The lowest BCUT2D eigenvalue weighted by molar-refractivity contribution is -0.139. The lowest BCUT2D eigenvalue weighted by atomic mass is 10.4. The number of nitrogens with zero attached hydrogens (tertiary/aromatic N) is 3. The fraction of sp³-hybridized carbons (Fsp3) is 0.667. The van der Waals surface area contributed by atoms with E-state index in [9.17, 15) is 13.2 Å². The van der Waals surface area contributed by atoms with Crippen LogP contribution in [0.25, 0.3) is 0 Å². The normalized spacial score (nSPS) is 11.5. The van der Waals surface area contributed by atoms with Gasteiger partial charge in [-0.25, -0.2) is 13.1 Å². The van der Waals surface area contributed by atoms with E-state index in [1.807, 2.05) is 0 Å². The number of anilines is 1. The van der Waals surface area contributed by atoms with Gasteiger partial charge in [-0.1, -0.05) is 5.21 Å². The molecule has 0 bridgehead atoms. The Hall–Kier alpha value is -1.68. The van der Waals surface area contributed by atoms with Crippen molar-refractivity contribution in [2.45, 2.75) is 24.9 Å². The molecule has 19 heavy (non-hydrogen) atoms. The fourth-order valence-corrected chi connectivity index (χ4v) is 2.45. The molecule has 0 saturated carbocycles. The Labute approximate surface area is 110 Å². The molecule has 0 amide bonds. The first-order valence-electron chi connectivity index (χ1n) is 5.60. The molecule has 10 heteroatoms. The summed E-state index contributed by atoms with van der Waals surface area (Å²) in [6.45, 7) is 1.82. The summed E-state index contributed by atoms with van der Waals surface area (Å²) in [5.41, 5.74) is 5.60. The van der Waals surface area contributed by atoms with Gasteiger partial charge in [-0.2, -0.15) is 0 Å². The summed E-state index contributed by atoms with van der Waals surface area (Å²) in [6.07, 6.45) is 0.366. The van der Waals surface area contributed by atoms with E-state index in [-0.39, 0.29) is 25.6 Å². The molecule has 108 valence electrons. The topological polar surface area (TPSA) is 137 Å². The van der Waals surface area contributed by atoms with Crippen LogP contribution in [-0.4, -0.2) is 53.5 Å². The zero-order valence-electron chi connectivity index (χ0n) is 10.4. The van der Waals surface area contributed by atoms with Crippen molar-refractivity contribution in [3.63, 3.8) is 0 Å². The van der Waals surface area contributed by atoms with Crippen LogP contribution in [0.2, 0.25) is 0 Å². The number of ether oxygens (including phenoxy) is 1. The number of nitrogen functional groups attached to an aromatic ring is 1.